The van der Waals surface area contributed by atoms with Gasteiger partial charge in [0.25, 0.3) is 0 Å². The van der Waals surface area contributed by atoms with Crippen LogP contribution in [0.5, 0.6) is 0 Å². The number of aromatic nitrogens is 2. The molecule has 1 aromatic rings. The van der Waals surface area contributed by atoms with Gasteiger partial charge in [-0.15, -0.1) is 0 Å². The van der Waals surface area contributed by atoms with E-state index >= 15 is 0 Å². The van der Waals surface area contributed by atoms with Gasteiger partial charge in [0.15, 0.2) is 5.11 Å². The first-order valence-electron chi connectivity index (χ1n) is 9.78. The van der Waals surface area contributed by atoms with Crippen molar-refractivity contribution >= 4 is 28.9 Å². The lowest BCUT2D eigenvalue weighted by atomic mass is 10.2. The number of rotatable bonds is 5. The van der Waals surface area contributed by atoms with E-state index in [2.05, 4.69) is 25.1 Å². The third-order valence-electron chi connectivity index (χ3n) is 5.34. The third-order valence-corrected chi connectivity index (χ3v) is 6.21. The predicted octanol–water partition coefficient (Wildman–Crippen LogP) is 1.10. The summed E-state index contributed by atoms with van der Waals surface area (Å²) < 4.78 is 7.14. The lowest BCUT2D eigenvalue weighted by Gasteiger charge is -2.28. The van der Waals surface area contributed by atoms with Crippen LogP contribution in [0.25, 0.3) is 0 Å². The molecule has 0 atom stereocenters. The Morgan fingerprint density at radius 3 is 2.63 bits per heavy atom. The van der Waals surface area contributed by atoms with Crippen molar-refractivity contribution in [2.75, 3.05) is 65.6 Å². The summed E-state index contributed by atoms with van der Waals surface area (Å²) in [5, 5.41) is 9.48. The van der Waals surface area contributed by atoms with Crippen LogP contribution in [0.3, 0.4) is 0 Å². The second kappa shape index (κ2) is 10.0. The average molecular weight is 415 g/mol. The molecule has 27 heavy (non-hydrogen) atoms. The van der Waals surface area contributed by atoms with E-state index in [-0.39, 0.29) is 0 Å². The van der Waals surface area contributed by atoms with Gasteiger partial charge < -0.3 is 15.0 Å². The number of nitrogens with zero attached hydrogens (tertiary/aromatic N) is 5. The van der Waals surface area contributed by atoms with Crippen LogP contribution in [-0.2, 0) is 18.3 Å². The van der Waals surface area contributed by atoms with Crippen LogP contribution >= 0.6 is 23.8 Å². The summed E-state index contributed by atoms with van der Waals surface area (Å²) >= 11 is 12.0. The maximum Gasteiger partial charge on any atom is 0.169 e. The third kappa shape index (κ3) is 5.77. The molecule has 0 aliphatic carbocycles. The SMILES string of the molecule is Cc1nn(C)c(Cl)c1CN1CCCN(C(=S)NCCN2CCOCC2)CC1. The lowest BCUT2D eigenvalue weighted by Crippen LogP contribution is -2.46. The zero-order valence-corrected chi connectivity index (χ0v) is 18.0. The van der Waals surface area contributed by atoms with Crippen LogP contribution in [0, 0.1) is 6.92 Å². The van der Waals surface area contributed by atoms with E-state index < -0.39 is 0 Å². The fourth-order valence-electron chi connectivity index (χ4n) is 3.67. The molecule has 152 valence electrons. The molecular formula is C18H31ClN6OS. The summed E-state index contributed by atoms with van der Waals surface area (Å²) in [7, 11) is 1.89. The van der Waals surface area contributed by atoms with E-state index in [0.717, 1.165) is 100 Å². The zero-order chi connectivity index (χ0) is 19.2. The van der Waals surface area contributed by atoms with Crippen molar-refractivity contribution < 1.29 is 4.74 Å². The number of hydrogen-bond acceptors (Lipinski definition) is 5. The maximum atomic E-state index is 6.40. The van der Waals surface area contributed by atoms with Crippen molar-refractivity contribution in [3.05, 3.63) is 16.4 Å². The topological polar surface area (TPSA) is 48.8 Å². The minimum Gasteiger partial charge on any atom is -0.379 e. The van der Waals surface area contributed by atoms with Gasteiger partial charge in [-0.1, -0.05) is 11.6 Å². The van der Waals surface area contributed by atoms with E-state index in [1.165, 1.54) is 0 Å². The molecule has 7 nitrogen and oxygen atoms in total. The fraction of sp³-hybridized carbons (Fsp3) is 0.778. The Bertz CT molecular complexity index is 634. The summed E-state index contributed by atoms with van der Waals surface area (Å²) in [6, 6.07) is 0. The van der Waals surface area contributed by atoms with E-state index in [1.807, 2.05) is 14.0 Å². The number of morpholine rings is 1. The van der Waals surface area contributed by atoms with Crippen molar-refractivity contribution in [2.45, 2.75) is 19.9 Å². The molecule has 2 aliphatic heterocycles. The van der Waals surface area contributed by atoms with Crippen LogP contribution < -0.4 is 5.32 Å². The smallest absolute Gasteiger partial charge is 0.169 e. The number of aryl methyl sites for hydroxylation is 2. The van der Waals surface area contributed by atoms with Gasteiger partial charge in [0.1, 0.15) is 5.15 Å². The van der Waals surface area contributed by atoms with Gasteiger partial charge >= 0.3 is 0 Å². The average Bonchev–Trinajstić information content (AvgIpc) is 2.84. The Morgan fingerprint density at radius 2 is 1.93 bits per heavy atom. The van der Waals surface area contributed by atoms with E-state index in [9.17, 15) is 0 Å². The fourth-order valence-corrected chi connectivity index (χ4v) is 4.19. The molecular weight excluding hydrogens is 384 g/mol. The molecule has 0 unspecified atom stereocenters. The second-order valence-corrected chi connectivity index (χ2v) is 8.03. The number of halogens is 1. The molecule has 3 heterocycles. The summed E-state index contributed by atoms with van der Waals surface area (Å²) in [4.78, 5) is 7.17. The molecule has 0 saturated carbocycles. The normalized spacial score (nSPS) is 19.9. The molecule has 2 aliphatic rings. The van der Waals surface area contributed by atoms with Crippen molar-refractivity contribution in [1.82, 2.24) is 29.8 Å². The molecule has 2 fully saturated rings. The van der Waals surface area contributed by atoms with Crippen molar-refractivity contribution in [1.29, 1.82) is 0 Å². The summed E-state index contributed by atoms with van der Waals surface area (Å²) in [6.07, 6.45) is 1.10. The Hall–Kier alpha value is -0.930. The molecule has 1 aromatic heterocycles. The van der Waals surface area contributed by atoms with Gasteiger partial charge in [0, 0.05) is 71.5 Å². The van der Waals surface area contributed by atoms with E-state index in [0.29, 0.717) is 0 Å². The highest BCUT2D eigenvalue weighted by molar-refractivity contribution is 7.80. The predicted molar refractivity (Wildman–Crippen MR) is 112 cm³/mol. The van der Waals surface area contributed by atoms with Crippen LogP contribution in [0.4, 0.5) is 0 Å². The minimum absolute atomic E-state index is 0.744. The first-order chi connectivity index (χ1) is 13.0. The summed E-state index contributed by atoms with van der Waals surface area (Å²) in [6.45, 7) is 12.5. The quantitative estimate of drug-likeness (QED) is 0.724. The summed E-state index contributed by atoms with van der Waals surface area (Å²) in [5.41, 5.74) is 2.16. The van der Waals surface area contributed by atoms with Crippen molar-refractivity contribution in [2.24, 2.45) is 7.05 Å². The van der Waals surface area contributed by atoms with Gasteiger partial charge in [-0.3, -0.25) is 14.5 Å². The van der Waals surface area contributed by atoms with Crippen molar-refractivity contribution in [3.63, 3.8) is 0 Å². The molecule has 0 amide bonds. The first kappa shape index (κ1) is 20.8. The molecule has 3 rings (SSSR count). The molecule has 2 saturated heterocycles. The maximum absolute atomic E-state index is 6.40. The van der Waals surface area contributed by atoms with Crippen LogP contribution in [0.15, 0.2) is 0 Å². The van der Waals surface area contributed by atoms with Crippen molar-refractivity contribution in [3.8, 4) is 0 Å². The number of nitrogens with one attached hydrogen (secondary N) is 1. The molecule has 0 bridgehead atoms. The largest absolute Gasteiger partial charge is 0.379 e. The molecule has 0 aromatic carbocycles. The van der Waals surface area contributed by atoms with Crippen LogP contribution in [0.2, 0.25) is 5.15 Å². The van der Waals surface area contributed by atoms with E-state index in [1.54, 1.807) is 4.68 Å². The summed E-state index contributed by atoms with van der Waals surface area (Å²) in [5.74, 6) is 0. The highest BCUT2D eigenvalue weighted by Crippen LogP contribution is 2.21. The monoisotopic (exact) mass is 414 g/mol. The molecule has 0 spiro atoms. The standard InChI is InChI=1S/C18H31ClN6OS/c1-15-16(17(19)22(2)21-15)14-24-5-3-6-25(9-8-24)18(27)20-4-7-23-10-12-26-13-11-23/h3-14H2,1-2H3,(H,20,27). The van der Waals surface area contributed by atoms with Gasteiger partial charge in [0.05, 0.1) is 18.9 Å². The highest BCUT2D eigenvalue weighted by Gasteiger charge is 2.20. The Balaban J connectivity index is 1.42. The highest BCUT2D eigenvalue weighted by atomic mass is 35.5. The molecule has 1 N–H and O–H groups in total. The van der Waals surface area contributed by atoms with Gasteiger partial charge in [-0.2, -0.15) is 5.10 Å². The first-order valence-corrected chi connectivity index (χ1v) is 10.6. The number of thiocarbonyl (C=S) groups is 1. The van der Waals surface area contributed by atoms with Gasteiger partial charge in [0.2, 0.25) is 0 Å². The van der Waals surface area contributed by atoms with Crippen LogP contribution in [-0.4, -0.2) is 95.2 Å². The molecule has 9 heteroatoms. The second-order valence-electron chi connectivity index (χ2n) is 7.28. The lowest BCUT2D eigenvalue weighted by molar-refractivity contribution is 0.0389. The zero-order valence-electron chi connectivity index (χ0n) is 16.4. The minimum atomic E-state index is 0.744. The van der Waals surface area contributed by atoms with Gasteiger partial charge in [-0.05, 0) is 25.6 Å². The number of ether oxygens (including phenoxy) is 1. The van der Waals surface area contributed by atoms with E-state index in [4.69, 9.17) is 28.6 Å². The molecule has 0 radical (unpaired) electrons. The Labute approximate surface area is 172 Å². The Morgan fingerprint density at radius 1 is 1.15 bits per heavy atom. The van der Waals surface area contributed by atoms with Crippen LogP contribution in [0.1, 0.15) is 17.7 Å². The number of hydrogen-bond donors (Lipinski definition) is 1. The van der Waals surface area contributed by atoms with Gasteiger partial charge in [-0.25, -0.2) is 0 Å². The Kier molecular flexibility index (Phi) is 7.72.